The second kappa shape index (κ2) is 10.3. The normalized spacial score (nSPS) is 12.6. The minimum Gasteiger partial charge on any atom is -0.354 e. The van der Waals surface area contributed by atoms with Crippen molar-refractivity contribution in [2.45, 2.75) is 38.9 Å². The highest BCUT2D eigenvalue weighted by atomic mass is 15.3. The molecular weight excluding hydrogens is 348 g/mol. The van der Waals surface area contributed by atoms with Crippen molar-refractivity contribution in [3.8, 4) is 0 Å². The Kier molecular flexibility index (Phi) is 7.18. The van der Waals surface area contributed by atoms with Gasteiger partial charge in [-0.15, -0.1) is 0 Å². The summed E-state index contributed by atoms with van der Waals surface area (Å²) in [6.45, 7) is 3.63. The van der Waals surface area contributed by atoms with Gasteiger partial charge in [0.05, 0.1) is 6.54 Å². The fraction of sp³-hybridized carbons (Fsp3) is 0.318. The topological polar surface area (TPSA) is 67.1 Å². The van der Waals surface area contributed by atoms with E-state index in [9.17, 15) is 0 Å². The average Bonchev–Trinajstić information content (AvgIpc) is 3.23. The van der Waals surface area contributed by atoms with Crippen molar-refractivity contribution in [2.24, 2.45) is 4.99 Å². The number of nitrogens with zero attached hydrogens (tertiary/aromatic N) is 4. The Morgan fingerprint density at radius 3 is 2.61 bits per heavy atom. The molecule has 6 heteroatoms. The molecule has 0 fully saturated rings. The van der Waals surface area contributed by atoms with Crippen molar-refractivity contribution >= 4 is 5.96 Å². The van der Waals surface area contributed by atoms with Gasteiger partial charge in [0, 0.05) is 19.6 Å². The maximum atomic E-state index is 4.35. The molecule has 1 unspecified atom stereocenters. The molecule has 1 atom stereocenters. The lowest BCUT2D eigenvalue weighted by atomic mass is 10.1. The van der Waals surface area contributed by atoms with E-state index in [1.165, 1.54) is 16.7 Å². The van der Waals surface area contributed by atoms with Crippen molar-refractivity contribution in [3.63, 3.8) is 0 Å². The summed E-state index contributed by atoms with van der Waals surface area (Å²) in [5, 5.41) is 11.0. The van der Waals surface area contributed by atoms with Crippen LogP contribution >= 0.6 is 0 Å². The van der Waals surface area contributed by atoms with Crippen molar-refractivity contribution in [1.82, 2.24) is 25.4 Å². The Balaban J connectivity index is 1.47. The number of rotatable bonds is 8. The van der Waals surface area contributed by atoms with Crippen LogP contribution in [0.1, 0.15) is 30.0 Å². The second-order valence-corrected chi connectivity index (χ2v) is 6.91. The van der Waals surface area contributed by atoms with E-state index >= 15 is 0 Å². The highest BCUT2D eigenvalue weighted by Crippen LogP contribution is 2.07. The van der Waals surface area contributed by atoms with Crippen molar-refractivity contribution in [1.29, 1.82) is 0 Å². The van der Waals surface area contributed by atoms with Crippen LogP contribution in [-0.2, 0) is 19.5 Å². The molecule has 6 nitrogen and oxygen atoms in total. The van der Waals surface area contributed by atoms with Crippen LogP contribution in [0.5, 0.6) is 0 Å². The predicted octanol–water partition coefficient (Wildman–Crippen LogP) is 3.01. The summed E-state index contributed by atoms with van der Waals surface area (Å²) < 4.78 is 1.82. The van der Waals surface area contributed by atoms with Crippen LogP contribution in [0.4, 0.5) is 0 Å². The summed E-state index contributed by atoms with van der Waals surface area (Å²) >= 11 is 0. The Labute approximate surface area is 166 Å². The molecule has 0 aliphatic rings. The largest absolute Gasteiger partial charge is 0.354 e. The van der Waals surface area contributed by atoms with Crippen LogP contribution in [0.25, 0.3) is 0 Å². The molecule has 1 heterocycles. The Bertz CT molecular complexity index is 858. The molecule has 0 radical (unpaired) electrons. The predicted molar refractivity (Wildman–Crippen MR) is 113 cm³/mol. The van der Waals surface area contributed by atoms with Gasteiger partial charge in [0.1, 0.15) is 12.7 Å². The molecule has 1 aromatic heterocycles. The maximum absolute atomic E-state index is 4.35. The lowest BCUT2D eigenvalue weighted by molar-refractivity contribution is 0.593. The molecule has 0 aliphatic carbocycles. The fourth-order valence-electron chi connectivity index (χ4n) is 3.05. The van der Waals surface area contributed by atoms with Gasteiger partial charge in [-0.1, -0.05) is 54.6 Å². The molecule has 2 N–H and O–H groups in total. The SMILES string of the molecule is CN=C(NCc1cccc(Cn2cncn2)c1)NC(C)CCc1ccccc1. The van der Waals surface area contributed by atoms with E-state index in [1.54, 1.807) is 19.7 Å². The van der Waals surface area contributed by atoms with Gasteiger partial charge >= 0.3 is 0 Å². The van der Waals surface area contributed by atoms with Gasteiger partial charge in [-0.2, -0.15) is 5.10 Å². The van der Waals surface area contributed by atoms with E-state index in [4.69, 9.17) is 0 Å². The van der Waals surface area contributed by atoms with Gasteiger partial charge in [-0.05, 0) is 36.5 Å². The Morgan fingerprint density at radius 1 is 1.07 bits per heavy atom. The first-order valence-electron chi connectivity index (χ1n) is 9.64. The molecule has 0 saturated heterocycles. The van der Waals surface area contributed by atoms with Gasteiger partial charge < -0.3 is 10.6 Å². The lowest BCUT2D eigenvalue weighted by Crippen LogP contribution is -2.42. The monoisotopic (exact) mass is 376 g/mol. The van der Waals surface area contributed by atoms with Crippen LogP contribution in [0.2, 0.25) is 0 Å². The quantitative estimate of drug-likeness (QED) is 0.468. The van der Waals surface area contributed by atoms with Crippen LogP contribution in [-0.4, -0.2) is 33.8 Å². The standard InChI is InChI=1S/C22H28N6/c1-18(11-12-19-7-4-3-5-8-19)27-22(23-2)25-14-20-9-6-10-21(13-20)15-28-17-24-16-26-28/h3-10,13,16-18H,11-12,14-15H2,1-2H3,(H2,23,25,27). The minimum absolute atomic E-state index is 0.338. The first-order chi connectivity index (χ1) is 13.7. The second-order valence-electron chi connectivity index (χ2n) is 6.91. The summed E-state index contributed by atoms with van der Waals surface area (Å²) in [4.78, 5) is 8.34. The van der Waals surface area contributed by atoms with Gasteiger partial charge in [0.2, 0.25) is 0 Å². The summed E-state index contributed by atoms with van der Waals surface area (Å²) in [6.07, 6.45) is 5.39. The van der Waals surface area contributed by atoms with E-state index in [1.807, 2.05) is 4.68 Å². The van der Waals surface area contributed by atoms with Crippen molar-refractivity contribution in [3.05, 3.63) is 83.9 Å². The first kappa shape index (κ1) is 19.6. The highest BCUT2D eigenvalue weighted by Gasteiger charge is 2.06. The van der Waals surface area contributed by atoms with E-state index in [0.29, 0.717) is 6.04 Å². The third-order valence-corrected chi connectivity index (χ3v) is 4.58. The van der Waals surface area contributed by atoms with Gasteiger partial charge in [0.25, 0.3) is 0 Å². The highest BCUT2D eigenvalue weighted by molar-refractivity contribution is 5.79. The minimum atomic E-state index is 0.338. The molecule has 0 saturated carbocycles. The van der Waals surface area contributed by atoms with Gasteiger partial charge in [0.15, 0.2) is 5.96 Å². The molecule has 3 aromatic rings. The number of aryl methyl sites for hydroxylation is 1. The third kappa shape index (κ3) is 6.23. The molecule has 2 aromatic carbocycles. The first-order valence-corrected chi connectivity index (χ1v) is 9.64. The number of nitrogens with one attached hydrogen (secondary N) is 2. The molecule has 0 aliphatic heterocycles. The summed E-state index contributed by atoms with van der Waals surface area (Å²) in [6, 6.07) is 19.4. The smallest absolute Gasteiger partial charge is 0.191 e. The number of hydrogen-bond acceptors (Lipinski definition) is 3. The zero-order valence-electron chi connectivity index (χ0n) is 16.5. The molecule has 146 valence electrons. The summed E-state index contributed by atoms with van der Waals surface area (Å²) in [5.41, 5.74) is 3.77. The molecule has 0 spiro atoms. The van der Waals surface area contributed by atoms with Crippen LogP contribution in [0.3, 0.4) is 0 Å². The molecule has 0 amide bonds. The molecule has 0 bridgehead atoms. The number of hydrogen-bond donors (Lipinski definition) is 2. The number of guanidine groups is 1. The Hall–Kier alpha value is -3.15. The van der Waals surface area contributed by atoms with Crippen LogP contribution < -0.4 is 10.6 Å². The number of aliphatic imine (C=N–C) groups is 1. The third-order valence-electron chi connectivity index (χ3n) is 4.58. The van der Waals surface area contributed by atoms with Gasteiger partial charge in [-0.3, -0.25) is 4.99 Å². The zero-order valence-corrected chi connectivity index (χ0v) is 16.5. The molecule has 3 rings (SSSR count). The number of benzene rings is 2. The summed E-state index contributed by atoms with van der Waals surface area (Å²) in [7, 11) is 1.81. The zero-order chi connectivity index (χ0) is 19.6. The van der Waals surface area contributed by atoms with E-state index < -0.39 is 0 Å². The van der Waals surface area contributed by atoms with Gasteiger partial charge in [-0.25, -0.2) is 9.67 Å². The molecule has 28 heavy (non-hydrogen) atoms. The summed E-state index contributed by atoms with van der Waals surface area (Å²) in [5.74, 6) is 0.822. The lowest BCUT2D eigenvalue weighted by Gasteiger charge is -2.18. The maximum Gasteiger partial charge on any atom is 0.191 e. The van der Waals surface area contributed by atoms with Crippen molar-refractivity contribution in [2.75, 3.05) is 7.05 Å². The fourth-order valence-corrected chi connectivity index (χ4v) is 3.05. The van der Waals surface area contributed by atoms with E-state index in [0.717, 1.165) is 31.9 Å². The van der Waals surface area contributed by atoms with E-state index in [-0.39, 0.29) is 0 Å². The van der Waals surface area contributed by atoms with Crippen LogP contribution in [0.15, 0.2) is 72.2 Å². The van der Waals surface area contributed by atoms with E-state index in [2.05, 4.69) is 87.2 Å². The Morgan fingerprint density at radius 2 is 1.86 bits per heavy atom. The van der Waals surface area contributed by atoms with Crippen LogP contribution in [0, 0.1) is 0 Å². The van der Waals surface area contributed by atoms with Crippen molar-refractivity contribution < 1.29 is 0 Å². The average molecular weight is 377 g/mol. The molecular formula is C22H28N6. The number of aromatic nitrogens is 3.